The van der Waals surface area contributed by atoms with E-state index in [2.05, 4.69) is 9.97 Å². The quantitative estimate of drug-likeness (QED) is 0.757. The Morgan fingerprint density at radius 2 is 2.42 bits per heavy atom. The van der Waals surface area contributed by atoms with E-state index in [0.717, 1.165) is 0 Å². The van der Waals surface area contributed by atoms with Crippen LogP contribution < -0.4 is 0 Å². The van der Waals surface area contributed by atoms with Crippen molar-refractivity contribution in [2.75, 3.05) is 0 Å². The molecule has 0 saturated heterocycles. The highest BCUT2D eigenvalue weighted by atomic mass is 35.5. The Hall–Kier alpha value is -1.16. The summed E-state index contributed by atoms with van der Waals surface area (Å²) in [6.07, 6.45) is 2.66. The van der Waals surface area contributed by atoms with Crippen molar-refractivity contribution in [1.82, 2.24) is 9.97 Å². The molecule has 0 spiro atoms. The summed E-state index contributed by atoms with van der Waals surface area (Å²) < 4.78 is 0. The molecule has 1 rings (SSSR count). The van der Waals surface area contributed by atoms with Crippen LogP contribution in [0.3, 0.4) is 0 Å². The van der Waals surface area contributed by atoms with Gasteiger partial charge in [-0.25, -0.2) is 9.97 Å². The second kappa shape index (κ2) is 3.49. The van der Waals surface area contributed by atoms with Crippen LogP contribution in [0.25, 0.3) is 0 Å². The van der Waals surface area contributed by atoms with E-state index in [-0.39, 0.29) is 5.02 Å². The molecule has 4 nitrogen and oxygen atoms in total. The van der Waals surface area contributed by atoms with E-state index in [1.165, 1.54) is 19.4 Å². The first-order valence-corrected chi connectivity index (χ1v) is 3.69. The van der Waals surface area contributed by atoms with E-state index in [9.17, 15) is 4.79 Å². The number of rotatable bonds is 2. The number of hydrogen-bond acceptors (Lipinski definition) is 3. The van der Waals surface area contributed by atoms with Crippen LogP contribution in [-0.4, -0.2) is 21.0 Å². The van der Waals surface area contributed by atoms with Crippen molar-refractivity contribution in [3.05, 3.63) is 23.2 Å². The molecule has 1 N–H and O–H groups in total. The van der Waals surface area contributed by atoms with Crippen molar-refractivity contribution >= 4 is 17.6 Å². The van der Waals surface area contributed by atoms with Crippen LogP contribution in [0.5, 0.6) is 0 Å². The lowest BCUT2D eigenvalue weighted by atomic mass is 10.1. The van der Waals surface area contributed by atoms with E-state index in [0.29, 0.717) is 5.69 Å². The maximum atomic E-state index is 10.5. The van der Waals surface area contributed by atoms with E-state index in [4.69, 9.17) is 16.7 Å². The van der Waals surface area contributed by atoms with Crippen molar-refractivity contribution < 1.29 is 9.90 Å². The van der Waals surface area contributed by atoms with Gasteiger partial charge in [-0.3, -0.25) is 4.79 Å². The van der Waals surface area contributed by atoms with Crippen molar-refractivity contribution in [2.45, 2.75) is 12.8 Å². The third-order valence-electron chi connectivity index (χ3n) is 1.48. The maximum Gasteiger partial charge on any atom is 0.312 e. The van der Waals surface area contributed by atoms with Gasteiger partial charge in [-0.05, 0) is 6.92 Å². The van der Waals surface area contributed by atoms with Gasteiger partial charge in [-0.15, -0.1) is 0 Å². The summed E-state index contributed by atoms with van der Waals surface area (Å²) in [6.45, 7) is 1.52. The first-order valence-electron chi connectivity index (χ1n) is 3.31. The van der Waals surface area contributed by atoms with Gasteiger partial charge in [0.2, 0.25) is 0 Å². The predicted octanol–water partition coefficient (Wildman–Crippen LogP) is 1.32. The van der Waals surface area contributed by atoms with Crippen molar-refractivity contribution in [3.8, 4) is 0 Å². The smallest absolute Gasteiger partial charge is 0.312 e. The van der Waals surface area contributed by atoms with Gasteiger partial charge in [-0.1, -0.05) is 11.6 Å². The molecule has 0 fully saturated rings. The normalized spacial score (nSPS) is 12.5. The van der Waals surface area contributed by atoms with Crippen LogP contribution >= 0.6 is 11.6 Å². The lowest BCUT2D eigenvalue weighted by Crippen LogP contribution is -2.09. The molecular weight excluding hydrogens is 180 g/mol. The first kappa shape index (κ1) is 8.93. The molecule has 1 aromatic heterocycles. The summed E-state index contributed by atoms with van der Waals surface area (Å²) in [5.41, 5.74) is 0.346. The van der Waals surface area contributed by atoms with E-state index in [1.807, 2.05) is 0 Å². The minimum atomic E-state index is -0.949. The van der Waals surface area contributed by atoms with Gasteiger partial charge >= 0.3 is 5.97 Å². The van der Waals surface area contributed by atoms with Crippen LogP contribution in [0.2, 0.25) is 5.02 Å². The highest BCUT2D eigenvalue weighted by Crippen LogP contribution is 2.20. The number of nitrogens with zero attached hydrogens (tertiary/aromatic N) is 2. The molecule has 1 aromatic rings. The van der Waals surface area contributed by atoms with Gasteiger partial charge < -0.3 is 5.11 Å². The highest BCUT2D eigenvalue weighted by molar-refractivity contribution is 6.31. The Balaban J connectivity index is 3.02. The largest absolute Gasteiger partial charge is 0.481 e. The predicted molar refractivity (Wildman–Crippen MR) is 43.1 cm³/mol. The summed E-state index contributed by atoms with van der Waals surface area (Å²) in [6, 6.07) is 0. The molecule has 0 aromatic carbocycles. The second-order valence-electron chi connectivity index (χ2n) is 2.32. The molecule has 0 aliphatic carbocycles. The van der Waals surface area contributed by atoms with E-state index >= 15 is 0 Å². The SMILES string of the molecule is CC(C(=O)O)c1ncncc1Cl. The summed E-state index contributed by atoms with van der Waals surface area (Å²) in [4.78, 5) is 18.0. The number of carboxylic acids is 1. The minimum Gasteiger partial charge on any atom is -0.481 e. The van der Waals surface area contributed by atoms with Gasteiger partial charge in [-0.2, -0.15) is 0 Å². The fourth-order valence-corrected chi connectivity index (χ4v) is 1.03. The van der Waals surface area contributed by atoms with Crippen molar-refractivity contribution in [2.24, 2.45) is 0 Å². The van der Waals surface area contributed by atoms with Gasteiger partial charge in [0.05, 0.1) is 16.6 Å². The van der Waals surface area contributed by atoms with Gasteiger partial charge in [0.1, 0.15) is 6.33 Å². The number of aliphatic carboxylic acids is 1. The Morgan fingerprint density at radius 3 is 2.92 bits per heavy atom. The van der Waals surface area contributed by atoms with Gasteiger partial charge in [0, 0.05) is 6.20 Å². The van der Waals surface area contributed by atoms with Crippen LogP contribution in [0.4, 0.5) is 0 Å². The van der Waals surface area contributed by atoms with Crippen LogP contribution in [0.15, 0.2) is 12.5 Å². The van der Waals surface area contributed by atoms with E-state index < -0.39 is 11.9 Å². The summed E-state index contributed by atoms with van der Waals surface area (Å²) in [5.74, 6) is -1.64. The number of hydrogen-bond donors (Lipinski definition) is 1. The lowest BCUT2D eigenvalue weighted by Gasteiger charge is -2.05. The standard InChI is InChI=1S/C7H7ClN2O2/c1-4(7(11)12)6-5(8)2-9-3-10-6/h2-4H,1H3,(H,11,12). The zero-order chi connectivity index (χ0) is 9.14. The Kier molecular flexibility index (Phi) is 2.60. The Labute approximate surface area is 74.2 Å². The zero-order valence-corrected chi connectivity index (χ0v) is 7.12. The third kappa shape index (κ3) is 1.71. The number of carbonyl (C=O) groups is 1. The molecule has 1 atom stereocenters. The molecule has 64 valence electrons. The van der Waals surface area contributed by atoms with Crippen LogP contribution in [-0.2, 0) is 4.79 Å². The highest BCUT2D eigenvalue weighted by Gasteiger charge is 2.17. The van der Waals surface area contributed by atoms with Crippen molar-refractivity contribution in [1.29, 1.82) is 0 Å². The van der Waals surface area contributed by atoms with Gasteiger partial charge in [0.15, 0.2) is 0 Å². The Morgan fingerprint density at radius 1 is 1.75 bits per heavy atom. The minimum absolute atomic E-state index is 0.285. The number of halogens is 1. The molecule has 0 bridgehead atoms. The molecule has 0 radical (unpaired) electrons. The summed E-state index contributed by atoms with van der Waals surface area (Å²) >= 11 is 5.67. The molecular formula is C7H7ClN2O2. The summed E-state index contributed by atoms with van der Waals surface area (Å²) in [7, 11) is 0. The van der Waals surface area contributed by atoms with E-state index in [1.54, 1.807) is 0 Å². The third-order valence-corrected chi connectivity index (χ3v) is 1.77. The monoisotopic (exact) mass is 186 g/mol. The molecule has 1 heterocycles. The Bertz CT molecular complexity index is 303. The lowest BCUT2D eigenvalue weighted by molar-refractivity contribution is -0.138. The van der Waals surface area contributed by atoms with Gasteiger partial charge in [0.25, 0.3) is 0 Å². The molecule has 1 unspecified atom stereocenters. The topological polar surface area (TPSA) is 63.1 Å². The molecule has 0 saturated carbocycles. The average molecular weight is 187 g/mol. The molecule has 5 heteroatoms. The molecule has 12 heavy (non-hydrogen) atoms. The molecule has 0 amide bonds. The maximum absolute atomic E-state index is 10.5. The fraction of sp³-hybridized carbons (Fsp3) is 0.286. The zero-order valence-electron chi connectivity index (χ0n) is 6.36. The fourth-order valence-electron chi connectivity index (χ4n) is 0.758. The second-order valence-corrected chi connectivity index (χ2v) is 2.72. The summed E-state index contributed by atoms with van der Waals surface area (Å²) in [5, 5.41) is 8.93. The molecule has 0 aliphatic rings. The number of carboxylic acid groups (broad SMARTS) is 1. The van der Waals surface area contributed by atoms with Crippen LogP contribution in [0, 0.1) is 0 Å². The first-order chi connectivity index (χ1) is 5.63. The average Bonchev–Trinajstić information content (AvgIpc) is 2.04. The molecule has 0 aliphatic heterocycles. The van der Waals surface area contributed by atoms with Crippen molar-refractivity contribution in [3.63, 3.8) is 0 Å². The number of aromatic nitrogens is 2. The van der Waals surface area contributed by atoms with Crippen LogP contribution in [0.1, 0.15) is 18.5 Å².